The monoisotopic (exact) mass is 458 g/mol. The molecule has 1 saturated heterocycles. The van der Waals surface area contributed by atoms with Crippen LogP contribution in [0, 0.1) is 5.92 Å². The van der Waals surface area contributed by atoms with E-state index in [9.17, 15) is 4.79 Å². The van der Waals surface area contributed by atoms with Crippen LogP contribution in [0.25, 0.3) is 0 Å². The number of ether oxygens (including phenoxy) is 1. The maximum absolute atomic E-state index is 11.9. The van der Waals surface area contributed by atoms with E-state index in [-0.39, 0.29) is 11.8 Å². The lowest BCUT2D eigenvalue weighted by Gasteiger charge is -2.32. The molecule has 1 fully saturated rings. The lowest BCUT2D eigenvalue weighted by Crippen LogP contribution is -2.34. The Morgan fingerprint density at radius 2 is 1.93 bits per heavy atom. The molecule has 2 aromatic carbocycles. The van der Waals surface area contributed by atoms with Crippen molar-refractivity contribution in [2.45, 2.75) is 39.0 Å². The molecule has 0 bridgehead atoms. The van der Waals surface area contributed by atoms with Crippen molar-refractivity contribution in [3.63, 3.8) is 0 Å². The molecule has 0 radical (unpaired) electrons. The van der Waals surface area contributed by atoms with Gasteiger partial charge in [0.1, 0.15) is 5.75 Å². The zero-order valence-corrected chi connectivity index (χ0v) is 19.0. The molecule has 0 atom stereocenters. The number of hydrogen-bond donors (Lipinski definition) is 1. The largest absolute Gasteiger partial charge is 0.492 e. The van der Waals surface area contributed by atoms with Crippen molar-refractivity contribution in [1.82, 2.24) is 4.90 Å². The fourth-order valence-electron chi connectivity index (χ4n) is 3.68. The van der Waals surface area contributed by atoms with Gasteiger partial charge in [0.15, 0.2) is 0 Å². The topological polar surface area (TPSA) is 41.6 Å². The van der Waals surface area contributed by atoms with Crippen molar-refractivity contribution in [1.29, 1.82) is 0 Å². The average Bonchev–Trinajstić information content (AvgIpc) is 2.73. The first-order chi connectivity index (χ1) is 14.0. The first-order valence-corrected chi connectivity index (χ1v) is 11.3. The normalized spacial score (nSPS) is 15.4. The molecule has 5 heteroatoms. The van der Waals surface area contributed by atoms with Gasteiger partial charge in [-0.25, -0.2) is 0 Å². The summed E-state index contributed by atoms with van der Waals surface area (Å²) in [6.45, 7) is 7.86. The highest BCUT2D eigenvalue weighted by Gasteiger charge is 2.20. The summed E-state index contributed by atoms with van der Waals surface area (Å²) >= 11 is 3.52. The average molecular weight is 459 g/mol. The standard InChI is InChI=1S/C24H31BrN2O2/c1-18(2)24(28)26-21-8-5-7-20(17-21)19-11-14-27(15-12-19)13-6-16-29-23-10-4-3-9-22(23)25/h3-5,7-10,17-19H,6,11-16H2,1-2H3,(H,26,28). The Morgan fingerprint density at radius 1 is 1.17 bits per heavy atom. The summed E-state index contributed by atoms with van der Waals surface area (Å²) in [5.41, 5.74) is 2.25. The van der Waals surface area contributed by atoms with Crippen LogP contribution in [-0.2, 0) is 4.79 Å². The molecule has 0 saturated carbocycles. The van der Waals surface area contributed by atoms with Crippen LogP contribution in [0.4, 0.5) is 5.69 Å². The number of benzene rings is 2. The van der Waals surface area contributed by atoms with Crippen LogP contribution in [0.5, 0.6) is 5.75 Å². The number of nitrogens with zero attached hydrogens (tertiary/aromatic N) is 1. The van der Waals surface area contributed by atoms with Gasteiger partial charge in [0.25, 0.3) is 0 Å². The van der Waals surface area contributed by atoms with Crippen LogP contribution in [-0.4, -0.2) is 37.0 Å². The van der Waals surface area contributed by atoms with Crippen LogP contribution in [0.3, 0.4) is 0 Å². The summed E-state index contributed by atoms with van der Waals surface area (Å²) in [5, 5.41) is 3.01. The minimum atomic E-state index is -0.00567. The molecule has 3 rings (SSSR count). The van der Waals surface area contributed by atoms with Crippen LogP contribution in [0.1, 0.15) is 44.6 Å². The second-order valence-electron chi connectivity index (χ2n) is 8.02. The van der Waals surface area contributed by atoms with Crippen molar-refractivity contribution in [2.24, 2.45) is 5.92 Å². The van der Waals surface area contributed by atoms with Crippen molar-refractivity contribution in [3.05, 3.63) is 58.6 Å². The number of rotatable bonds is 8. The highest BCUT2D eigenvalue weighted by molar-refractivity contribution is 9.10. The minimum Gasteiger partial charge on any atom is -0.492 e. The van der Waals surface area contributed by atoms with Crippen LogP contribution < -0.4 is 10.1 Å². The Morgan fingerprint density at radius 3 is 2.66 bits per heavy atom. The summed E-state index contributed by atoms with van der Waals surface area (Å²) in [6.07, 6.45) is 3.35. The highest BCUT2D eigenvalue weighted by Crippen LogP contribution is 2.30. The number of piperidine rings is 1. The van der Waals surface area contributed by atoms with E-state index < -0.39 is 0 Å². The first kappa shape index (κ1) is 21.8. The number of halogens is 1. The molecule has 2 aromatic rings. The molecule has 1 aliphatic rings. The minimum absolute atomic E-state index is 0.00567. The lowest BCUT2D eigenvalue weighted by atomic mass is 9.89. The SMILES string of the molecule is CC(C)C(=O)Nc1cccc(C2CCN(CCCOc3ccccc3Br)CC2)c1. The molecule has 1 aliphatic heterocycles. The van der Waals surface area contributed by atoms with Gasteiger partial charge < -0.3 is 15.0 Å². The number of likely N-dealkylation sites (tertiary alicyclic amines) is 1. The number of hydrogen-bond acceptors (Lipinski definition) is 3. The maximum Gasteiger partial charge on any atom is 0.226 e. The van der Waals surface area contributed by atoms with Gasteiger partial charge in [-0.2, -0.15) is 0 Å². The van der Waals surface area contributed by atoms with Gasteiger partial charge in [-0.15, -0.1) is 0 Å². The number of carbonyl (C=O) groups is 1. The summed E-state index contributed by atoms with van der Waals surface area (Å²) in [6, 6.07) is 16.4. The predicted octanol–water partition coefficient (Wildman–Crippen LogP) is 5.69. The quantitative estimate of drug-likeness (QED) is 0.516. The molecule has 156 valence electrons. The molecule has 0 spiro atoms. The van der Waals surface area contributed by atoms with Gasteiger partial charge >= 0.3 is 0 Å². The Bertz CT molecular complexity index is 801. The van der Waals surface area contributed by atoms with Crippen LogP contribution in [0.15, 0.2) is 53.0 Å². The third kappa shape index (κ3) is 6.58. The van der Waals surface area contributed by atoms with E-state index in [4.69, 9.17) is 4.74 Å². The molecule has 1 N–H and O–H groups in total. The van der Waals surface area contributed by atoms with Crippen LogP contribution in [0.2, 0.25) is 0 Å². The summed E-state index contributed by atoms with van der Waals surface area (Å²) in [5.74, 6) is 1.55. The molecule has 0 unspecified atom stereocenters. The Kier molecular flexibility index (Phi) is 8.13. The van der Waals surface area contributed by atoms with E-state index in [0.29, 0.717) is 5.92 Å². The summed E-state index contributed by atoms with van der Waals surface area (Å²) in [7, 11) is 0. The maximum atomic E-state index is 11.9. The third-order valence-corrected chi connectivity index (χ3v) is 6.11. The number of nitrogens with one attached hydrogen (secondary N) is 1. The highest BCUT2D eigenvalue weighted by atomic mass is 79.9. The van der Waals surface area contributed by atoms with Gasteiger partial charge in [0.05, 0.1) is 11.1 Å². The zero-order valence-electron chi connectivity index (χ0n) is 17.4. The van der Waals surface area contributed by atoms with E-state index in [1.54, 1.807) is 0 Å². The van der Waals surface area contributed by atoms with Gasteiger partial charge in [-0.05, 0) is 84.0 Å². The zero-order chi connectivity index (χ0) is 20.6. The van der Waals surface area contributed by atoms with Gasteiger partial charge in [0.2, 0.25) is 5.91 Å². The smallest absolute Gasteiger partial charge is 0.226 e. The molecule has 0 aromatic heterocycles. The molecule has 0 aliphatic carbocycles. The molecular formula is C24H31BrN2O2. The van der Waals surface area contributed by atoms with Crippen molar-refractivity contribution in [3.8, 4) is 5.75 Å². The molecule has 29 heavy (non-hydrogen) atoms. The lowest BCUT2D eigenvalue weighted by molar-refractivity contribution is -0.118. The Labute approximate surface area is 182 Å². The van der Waals surface area contributed by atoms with Crippen molar-refractivity contribution < 1.29 is 9.53 Å². The van der Waals surface area contributed by atoms with Gasteiger partial charge in [-0.3, -0.25) is 4.79 Å². The molecule has 1 heterocycles. The van der Waals surface area contributed by atoms with E-state index >= 15 is 0 Å². The molecular weight excluding hydrogens is 428 g/mol. The summed E-state index contributed by atoms with van der Waals surface area (Å²) in [4.78, 5) is 14.5. The number of carbonyl (C=O) groups excluding carboxylic acids is 1. The Hall–Kier alpha value is -1.85. The van der Waals surface area contributed by atoms with Gasteiger partial charge in [-0.1, -0.05) is 38.1 Å². The summed E-state index contributed by atoms with van der Waals surface area (Å²) < 4.78 is 6.88. The van der Waals surface area contributed by atoms with E-state index in [1.807, 2.05) is 44.2 Å². The van der Waals surface area contributed by atoms with E-state index in [1.165, 1.54) is 5.56 Å². The molecule has 4 nitrogen and oxygen atoms in total. The van der Waals surface area contributed by atoms with E-state index in [2.05, 4.69) is 44.3 Å². The van der Waals surface area contributed by atoms with E-state index in [0.717, 1.165) is 61.4 Å². The predicted molar refractivity (Wildman–Crippen MR) is 123 cm³/mol. The second-order valence-corrected chi connectivity index (χ2v) is 8.87. The second kappa shape index (κ2) is 10.8. The third-order valence-electron chi connectivity index (χ3n) is 5.45. The van der Waals surface area contributed by atoms with Crippen LogP contribution >= 0.6 is 15.9 Å². The number of para-hydroxylation sites is 1. The fraction of sp³-hybridized carbons (Fsp3) is 0.458. The Balaban J connectivity index is 1.41. The van der Waals surface area contributed by atoms with Gasteiger partial charge in [0, 0.05) is 18.2 Å². The van der Waals surface area contributed by atoms with Crippen molar-refractivity contribution >= 4 is 27.5 Å². The first-order valence-electron chi connectivity index (χ1n) is 10.5. The van der Waals surface area contributed by atoms with Crippen molar-refractivity contribution in [2.75, 3.05) is 31.6 Å². The fourth-order valence-corrected chi connectivity index (χ4v) is 4.08. The number of amides is 1. The number of anilines is 1. The molecule has 1 amide bonds.